The van der Waals surface area contributed by atoms with Crippen LogP contribution >= 0.6 is 23.2 Å². The Morgan fingerprint density at radius 3 is 2.60 bits per heavy atom. The molecular weight excluding hydrogens is 301 g/mol. The third kappa shape index (κ3) is 2.14. The number of hydrogen-bond acceptors (Lipinski definition) is 3. The predicted molar refractivity (Wildman–Crippen MR) is 78.2 cm³/mol. The van der Waals surface area contributed by atoms with Crippen LogP contribution in [0.5, 0.6) is 0 Å². The van der Waals surface area contributed by atoms with Crippen molar-refractivity contribution in [2.75, 3.05) is 11.4 Å². The smallest absolute Gasteiger partial charge is 0.264 e. The number of rotatable bonds is 4. The molecule has 2 rings (SSSR count). The molecule has 106 valence electrons. The number of nitrogens with zero attached hydrogens (tertiary/aromatic N) is 1. The van der Waals surface area contributed by atoms with E-state index in [4.69, 9.17) is 23.2 Å². The van der Waals surface area contributed by atoms with Gasteiger partial charge in [0.1, 0.15) is 5.78 Å². The first-order chi connectivity index (χ1) is 9.32. The van der Waals surface area contributed by atoms with E-state index < -0.39 is 11.5 Å². The third-order valence-electron chi connectivity index (χ3n) is 3.18. The van der Waals surface area contributed by atoms with E-state index in [0.717, 1.165) is 0 Å². The van der Waals surface area contributed by atoms with E-state index in [-0.39, 0.29) is 29.3 Å². The first kappa shape index (κ1) is 15.0. The van der Waals surface area contributed by atoms with Crippen LogP contribution in [0.15, 0.2) is 24.8 Å². The summed E-state index contributed by atoms with van der Waals surface area (Å²) in [5.41, 5.74) is -1.44. The van der Waals surface area contributed by atoms with Crippen LogP contribution in [-0.2, 0) is 15.2 Å². The van der Waals surface area contributed by atoms with Crippen molar-refractivity contribution >= 4 is 40.6 Å². The van der Waals surface area contributed by atoms with Crippen LogP contribution in [0.25, 0.3) is 0 Å². The second kappa shape index (κ2) is 5.20. The lowest BCUT2D eigenvalue weighted by atomic mass is 9.90. The highest BCUT2D eigenvalue weighted by Crippen LogP contribution is 2.49. The molecule has 1 aliphatic rings. The fourth-order valence-electron chi connectivity index (χ4n) is 2.46. The van der Waals surface area contributed by atoms with Gasteiger partial charge in [-0.05, 0) is 19.1 Å². The lowest BCUT2D eigenvalue weighted by Crippen LogP contribution is -2.41. The summed E-state index contributed by atoms with van der Waals surface area (Å²) in [5, 5.41) is 11.2. The second-order valence-corrected chi connectivity index (χ2v) is 5.51. The molecule has 1 atom stereocenters. The van der Waals surface area contributed by atoms with Crippen molar-refractivity contribution in [3.05, 3.63) is 40.4 Å². The topological polar surface area (TPSA) is 57.6 Å². The Labute approximate surface area is 126 Å². The molecule has 0 aliphatic carbocycles. The zero-order valence-electron chi connectivity index (χ0n) is 10.8. The molecule has 1 unspecified atom stereocenters. The third-order valence-corrected chi connectivity index (χ3v) is 3.80. The molecule has 0 aromatic heterocycles. The molecular formula is C14H13Cl2NO3. The van der Waals surface area contributed by atoms with Gasteiger partial charge in [0.2, 0.25) is 0 Å². The Hall–Kier alpha value is -1.36. The van der Waals surface area contributed by atoms with Gasteiger partial charge < -0.3 is 10.0 Å². The Morgan fingerprint density at radius 1 is 1.45 bits per heavy atom. The van der Waals surface area contributed by atoms with Gasteiger partial charge in [-0.3, -0.25) is 9.59 Å². The van der Waals surface area contributed by atoms with E-state index in [1.54, 1.807) is 6.07 Å². The van der Waals surface area contributed by atoms with Gasteiger partial charge in [-0.15, -0.1) is 6.58 Å². The summed E-state index contributed by atoms with van der Waals surface area (Å²) in [5.74, 6) is -0.930. The Kier molecular flexibility index (Phi) is 3.91. The quantitative estimate of drug-likeness (QED) is 0.869. The van der Waals surface area contributed by atoms with E-state index >= 15 is 0 Å². The number of anilines is 1. The molecule has 0 radical (unpaired) electrons. The Bertz CT molecular complexity index is 615. The van der Waals surface area contributed by atoms with Gasteiger partial charge in [-0.2, -0.15) is 0 Å². The predicted octanol–water partition coefficient (Wildman–Crippen LogP) is 2.69. The molecule has 20 heavy (non-hydrogen) atoms. The highest BCUT2D eigenvalue weighted by atomic mass is 35.5. The summed E-state index contributed by atoms with van der Waals surface area (Å²) in [6, 6.07) is 3.05. The number of carbonyl (C=O) groups excluding carboxylic acids is 2. The van der Waals surface area contributed by atoms with E-state index in [2.05, 4.69) is 6.58 Å². The van der Waals surface area contributed by atoms with Crippen LogP contribution in [0.2, 0.25) is 10.0 Å². The fraction of sp³-hybridized carbons (Fsp3) is 0.286. The molecule has 1 heterocycles. The van der Waals surface area contributed by atoms with Gasteiger partial charge in [-0.25, -0.2) is 0 Å². The van der Waals surface area contributed by atoms with Gasteiger partial charge in [-0.1, -0.05) is 29.3 Å². The molecule has 1 aromatic rings. The lowest BCUT2D eigenvalue weighted by Gasteiger charge is -2.21. The lowest BCUT2D eigenvalue weighted by molar-refractivity contribution is -0.141. The minimum Gasteiger partial charge on any atom is -0.375 e. The number of aliphatic hydroxyl groups is 1. The van der Waals surface area contributed by atoms with Crippen LogP contribution < -0.4 is 4.90 Å². The number of fused-ring (bicyclic) bond motifs is 1. The monoisotopic (exact) mass is 313 g/mol. The summed E-state index contributed by atoms with van der Waals surface area (Å²) in [7, 11) is 0. The number of hydrogen-bond donors (Lipinski definition) is 1. The zero-order chi connectivity index (χ0) is 15.1. The molecule has 1 aliphatic heterocycles. The summed E-state index contributed by atoms with van der Waals surface area (Å²) >= 11 is 12.2. The van der Waals surface area contributed by atoms with Crippen LogP contribution in [0, 0.1) is 0 Å². The molecule has 0 fully saturated rings. The van der Waals surface area contributed by atoms with Crippen LogP contribution in [0.3, 0.4) is 0 Å². The molecule has 4 nitrogen and oxygen atoms in total. The van der Waals surface area contributed by atoms with Crippen LogP contribution in [-0.4, -0.2) is 23.3 Å². The average molecular weight is 314 g/mol. The van der Waals surface area contributed by atoms with Gasteiger partial charge in [0.05, 0.1) is 10.7 Å². The Balaban J connectivity index is 2.71. The highest BCUT2D eigenvalue weighted by Gasteiger charge is 2.52. The van der Waals surface area contributed by atoms with Crippen molar-refractivity contribution in [3.8, 4) is 0 Å². The maximum Gasteiger partial charge on any atom is 0.264 e. The number of Topliss-reactive ketones (excluding diaryl/α,β-unsaturated/α-hetero) is 1. The van der Waals surface area contributed by atoms with Crippen molar-refractivity contribution in [2.45, 2.75) is 18.9 Å². The normalized spacial score (nSPS) is 21.0. The number of benzene rings is 1. The van der Waals surface area contributed by atoms with Gasteiger partial charge >= 0.3 is 0 Å². The molecule has 6 heteroatoms. The minimum atomic E-state index is -1.97. The first-order valence-corrected chi connectivity index (χ1v) is 6.71. The van der Waals surface area contributed by atoms with Gasteiger partial charge in [0, 0.05) is 23.6 Å². The summed E-state index contributed by atoms with van der Waals surface area (Å²) in [4.78, 5) is 25.2. The zero-order valence-corrected chi connectivity index (χ0v) is 12.3. The molecule has 0 saturated carbocycles. The number of ketones is 1. The number of halogens is 2. The van der Waals surface area contributed by atoms with Crippen molar-refractivity contribution in [1.82, 2.24) is 0 Å². The van der Waals surface area contributed by atoms with Crippen molar-refractivity contribution in [2.24, 2.45) is 0 Å². The number of amides is 1. The molecule has 0 saturated heterocycles. The van der Waals surface area contributed by atoms with E-state index in [0.29, 0.717) is 10.7 Å². The molecule has 0 bridgehead atoms. The number of carbonyl (C=O) groups is 2. The maximum absolute atomic E-state index is 12.5. The average Bonchev–Trinajstić information content (AvgIpc) is 2.56. The Morgan fingerprint density at radius 2 is 2.05 bits per heavy atom. The van der Waals surface area contributed by atoms with E-state index in [1.807, 2.05) is 0 Å². The summed E-state index contributed by atoms with van der Waals surface area (Å²) in [6.07, 6.45) is 1.17. The van der Waals surface area contributed by atoms with E-state index in [9.17, 15) is 14.7 Å². The SMILES string of the molecule is C=CCN1C(=O)C(O)(CC(C)=O)c2c(Cl)ccc(Cl)c21. The van der Waals surface area contributed by atoms with Crippen molar-refractivity contribution in [1.29, 1.82) is 0 Å². The van der Waals surface area contributed by atoms with Gasteiger partial charge in [0.15, 0.2) is 5.60 Å². The highest BCUT2D eigenvalue weighted by molar-refractivity contribution is 6.38. The minimum absolute atomic E-state index is 0.173. The van der Waals surface area contributed by atoms with Crippen LogP contribution in [0.1, 0.15) is 18.9 Å². The van der Waals surface area contributed by atoms with Gasteiger partial charge in [0.25, 0.3) is 5.91 Å². The second-order valence-electron chi connectivity index (χ2n) is 4.70. The summed E-state index contributed by atoms with van der Waals surface area (Å²) < 4.78 is 0. The van der Waals surface area contributed by atoms with Crippen LogP contribution in [0.4, 0.5) is 5.69 Å². The molecule has 1 N–H and O–H groups in total. The first-order valence-electron chi connectivity index (χ1n) is 5.96. The largest absolute Gasteiger partial charge is 0.375 e. The fourth-order valence-corrected chi connectivity index (χ4v) is 3.03. The van der Waals surface area contributed by atoms with Crippen molar-refractivity contribution < 1.29 is 14.7 Å². The maximum atomic E-state index is 12.5. The molecule has 1 aromatic carbocycles. The summed E-state index contributed by atoms with van der Waals surface area (Å²) in [6.45, 7) is 5.05. The van der Waals surface area contributed by atoms with E-state index in [1.165, 1.54) is 24.0 Å². The van der Waals surface area contributed by atoms with Crippen molar-refractivity contribution in [3.63, 3.8) is 0 Å². The molecule has 1 amide bonds. The standard InChI is InChI=1S/C14H13Cl2NO3/c1-3-6-17-12-10(16)5-4-9(15)11(12)14(20,13(17)19)7-8(2)18/h3-5,20H,1,6-7H2,2H3. The molecule has 0 spiro atoms.